The summed E-state index contributed by atoms with van der Waals surface area (Å²) in [6.45, 7) is 11.5. The van der Waals surface area contributed by atoms with Crippen LogP contribution in [0.5, 0.6) is 0 Å². The van der Waals surface area contributed by atoms with Gasteiger partial charge in [0, 0.05) is 11.4 Å². The normalized spacial score (nSPS) is 11.9. The van der Waals surface area contributed by atoms with E-state index >= 15 is 0 Å². The summed E-state index contributed by atoms with van der Waals surface area (Å²) in [6.07, 6.45) is 0. The Morgan fingerprint density at radius 1 is 1.12 bits per heavy atom. The van der Waals surface area contributed by atoms with Crippen molar-refractivity contribution in [1.82, 2.24) is 4.98 Å². The number of benzene rings is 1. The van der Waals surface area contributed by atoms with Gasteiger partial charge in [0.15, 0.2) is 0 Å². The minimum atomic E-state index is -0.423. The van der Waals surface area contributed by atoms with Crippen LogP contribution in [-0.4, -0.2) is 29.4 Å². The van der Waals surface area contributed by atoms with Gasteiger partial charge in [-0.1, -0.05) is 6.07 Å². The van der Waals surface area contributed by atoms with Crippen LogP contribution in [0.1, 0.15) is 57.1 Å². The summed E-state index contributed by atoms with van der Waals surface area (Å²) >= 11 is 0. The number of ether oxygens (including phenoxy) is 1. The molecule has 25 heavy (non-hydrogen) atoms. The third kappa shape index (κ3) is 4.10. The number of aromatic nitrogens is 1. The van der Waals surface area contributed by atoms with Crippen LogP contribution in [0.3, 0.4) is 0 Å². The summed E-state index contributed by atoms with van der Waals surface area (Å²) in [6, 6.07) is 5.68. The third-order valence-electron chi connectivity index (χ3n) is 4.16. The molecule has 2 rings (SSSR count). The molecule has 5 heteroatoms. The van der Waals surface area contributed by atoms with E-state index in [-0.39, 0.29) is 5.78 Å². The van der Waals surface area contributed by atoms with Crippen molar-refractivity contribution < 1.29 is 14.3 Å². The summed E-state index contributed by atoms with van der Waals surface area (Å²) in [5, 5.41) is 3.25. The second-order valence-corrected chi connectivity index (χ2v) is 6.45. The number of H-pyrrole nitrogens is 1. The van der Waals surface area contributed by atoms with Crippen LogP contribution in [0.15, 0.2) is 18.2 Å². The number of ketones is 1. The molecular formula is C20H26N2O3. The van der Waals surface area contributed by atoms with Crippen molar-refractivity contribution in [3.05, 3.63) is 51.8 Å². The first-order chi connectivity index (χ1) is 11.7. The topological polar surface area (TPSA) is 71.2 Å². The predicted molar refractivity (Wildman–Crippen MR) is 99.6 cm³/mol. The lowest BCUT2D eigenvalue weighted by Crippen LogP contribution is -2.27. The molecule has 2 aromatic rings. The van der Waals surface area contributed by atoms with Gasteiger partial charge in [-0.2, -0.15) is 0 Å². The number of aromatic amines is 1. The quantitative estimate of drug-likeness (QED) is 0.612. The van der Waals surface area contributed by atoms with Gasteiger partial charge in [-0.05, 0) is 70.4 Å². The monoisotopic (exact) mass is 342 g/mol. The number of esters is 1. The maximum atomic E-state index is 12.8. The van der Waals surface area contributed by atoms with Crippen LogP contribution in [0.2, 0.25) is 0 Å². The second-order valence-electron chi connectivity index (χ2n) is 6.45. The average Bonchev–Trinajstić information content (AvgIpc) is 2.80. The minimum Gasteiger partial charge on any atom is -0.462 e. The van der Waals surface area contributed by atoms with E-state index in [2.05, 4.69) is 16.4 Å². The molecule has 0 saturated heterocycles. The molecular weight excluding hydrogens is 316 g/mol. The number of hydrogen-bond acceptors (Lipinski definition) is 4. The number of anilines is 1. The molecule has 0 fully saturated rings. The molecule has 1 atom stereocenters. The highest BCUT2D eigenvalue weighted by Gasteiger charge is 2.25. The first kappa shape index (κ1) is 18.8. The van der Waals surface area contributed by atoms with E-state index in [1.54, 1.807) is 20.8 Å². The fourth-order valence-electron chi connectivity index (χ4n) is 3.10. The smallest absolute Gasteiger partial charge is 0.340 e. The first-order valence-electron chi connectivity index (χ1n) is 8.49. The molecule has 1 aromatic heterocycles. The fraction of sp³-hybridized carbons (Fsp3) is 0.400. The van der Waals surface area contributed by atoms with Crippen LogP contribution < -0.4 is 5.32 Å². The molecule has 5 nitrogen and oxygen atoms in total. The maximum absolute atomic E-state index is 12.8. The van der Waals surface area contributed by atoms with E-state index < -0.39 is 12.0 Å². The third-order valence-corrected chi connectivity index (χ3v) is 4.16. The SMILES string of the molecule is CCOC(=O)c1c(C)[nH]c(C(=O)[C@H](C)Nc2cc(C)cc(C)c2)c1C. The Bertz CT molecular complexity index is 785. The van der Waals surface area contributed by atoms with Crippen LogP contribution >= 0.6 is 0 Å². The largest absolute Gasteiger partial charge is 0.462 e. The lowest BCUT2D eigenvalue weighted by molar-refractivity contribution is 0.0525. The molecule has 0 aliphatic rings. The average molecular weight is 342 g/mol. The molecule has 0 spiro atoms. The Morgan fingerprint density at radius 3 is 2.28 bits per heavy atom. The lowest BCUT2D eigenvalue weighted by Gasteiger charge is -2.15. The van der Waals surface area contributed by atoms with Gasteiger partial charge < -0.3 is 15.0 Å². The number of carbonyl (C=O) groups is 2. The zero-order valence-electron chi connectivity index (χ0n) is 15.7. The van der Waals surface area contributed by atoms with E-state index in [0.717, 1.165) is 16.8 Å². The van der Waals surface area contributed by atoms with Gasteiger partial charge in [0.2, 0.25) is 5.78 Å². The molecule has 0 bridgehead atoms. The van der Waals surface area contributed by atoms with Gasteiger partial charge in [-0.3, -0.25) is 4.79 Å². The number of aryl methyl sites for hydroxylation is 3. The second kappa shape index (κ2) is 7.55. The highest BCUT2D eigenvalue weighted by atomic mass is 16.5. The number of rotatable bonds is 6. The van der Waals surface area contributed by atoms with Crippen LogP contribution in [-0.2, 0) is 4.74 Å². The molecule has 0 unspecified atom stereocenters. The number of hydrogen-bond donors (Lipinski definition) is 2. The first-order valence-corrected chi connectivity index (χ1v) is 8.49. The van der Waals surface area contributed by atoms with Crippen molar-refractivity contribution >= 4 is 17.4 Å². The summed E-state index contributed by atoms with van der Waals surface area (Å²) < 4.78 is 5.08. The Hall–Kier alpha value is -2.56. The molecule has 0 amide bonds. The molecule has 2 N–H and O–H groups in total. The highest BCUT2D eigenvalue weighted by molar-refractivity contribution is 6.04. The molecule has 0 saturated carbocycles. The van der Waals surface area contributed by atoms with Gasteiger partial charge in [0.1, 0.15) is 0 Å². The predicted octanol–water partition coefficient (Wildman–Crippen LogP) is 4.11. The van der Waals surface area contributed by atoms with E-state index in [1.165, 1.54) is 0 Å². The Balaban J connectivity index is 2.25. The van der Waals surface area contributed by atoms with Crippen molar-refractivity contribution in [2.45, 2.75) is 47.6 Å². The summed E-state index contributed by atoms with van der Waals surface area (Å²) in [5.74, 6) is -0.488. The molecule has 0 radical (unpaired) electrons. The standard InChI is InChI=1S/C20H26N2O3/c1-7-25-20(24)17-13(4)18(22-14(17)5)19(23)15(6)21-16-9-11(2)8-12(3)10-16/h8-10,15,21-22H,7H2,1-6H3/t15-/m0/s1. The minimum absolute atomic E-state index is 0.0877. The van der Waals surface area contributed by atoms with Crippen molar-refractivity contribution in [3.63, 3.8) is 0 Å². The highest BCUT2D eigenvalue weighted by Crippen LogP contribution is 2.22. The van der Waals surface area contributed by atoms with Gasteiger partial charge in [-0.25, -0.2) is 4.79 Å². The van der Waals surface area contributed by atoms with Gasteiger partial charge in [-0.15, -0.1) is 0 Å². The number of carbonyl (C=O) groups excluding carboxylic acids is 2. The zero-order chi connectivity index (χ0) is 18.7. The van der Waals surface area contributed by atoms with Crippen molar-refractivity contribution in [2.75, 3.05) is 11.9 Å². The summed E-state index contributed by atoms with van der Waals surface area (Å²) in [7, 11) is 0. The van der Waals surface area contributed by atoms with Crippen LogP contribution in [0, 0.1) is 27.7 Å². The summed E-state index contributed by atoms with van der Waals surface area (Å²) in [5.41, 5.74) is 5.36. The molecule has 0 aliphatic heterocycles. The number of nitrogens with one attached hydrogen (secondary N) is 2. The Morgan fingerprint density at radius 2 is 1.72 bits per heavy atom. The van der Waals surface area contributed by atoms with Crippen molar-refractivity contribution in [2.24, 2.45) is 0 Å². The molecule has 0 aliphatic carbocycles. The van der Waals surface area contributed by atoms with E-state index in [9.17, 15) is 9.59 Å². The van der Waals surface area contributed by atoms with E-state index in [0.29, 0.717) is 29.1 Å². The van der Waals surface area contributed by atoms with Crippen molar-refractivity contribution in [3.8, 4) is 0 Å². The van der Waals surface area contributed by atoms with E-state index in [1.807, 2.05) is 32.9 Å². The van der Waals surface area contributed by atoms with Gasteiger partial charge in [0.05, 0.1) is 23.9 Å². The van der Waals surface area contributed by atoms with Gasteiger partial charge in [0.25, 0.3) is 0 Å². The Kier molecular flexibility index (Phi) is 5.67. The van der Waals surface area contributed by atoms with Crippen molar-refractivity contribution in [1.29, 1.82) is 0 Å². The lowest BCUT2D eigenvalue weighted by atomic mass is 10.0. The van der Waals surface area contributed by atoms with Gasteiger partial charge >= 0.3 is 5.97 Å². The van der Waals surface area contributed by atoms with E-state index in [4.69, 9.17) is 4.74 Å². The summed E-state index contributed by atoms with van der Waals surface area (Å²) in [4.78, 5) is 28.0. The van der Waals surface area contributed by atoms with Crippen LogP contribution in [0.4, 0.5) is 5.69 Å². The Labute approximate surface area is 148 Å². The molecule has 1 heterocycles. The zero-order valence-corrected chi connectivity index (χ0v) is 15.7. The number of Topliss-reactive ketones (excluding diaryl/α,β-unsaturated/α-hetero) is 1. The maximum Gasteiger partial charge on any atom is 0.340 e. The van der Waals surface area contributed by atoms with Crippen LogP contribution in [0.25, 0.3) is 0 Å². The fourth-order valence-corrected chi connectivity index (χ4v) is 3.10. The molecule has 1 aromatic carbocycles. The molecule has 134 valence electrons.